The van der Waals surface area contributed by atoms with Crippen molar-refractivity contribution in [2.45, 2.75) is 103 Å². The first-order chi connectivity index (χ1) is 21.9. The van der Waals surface area contributed by atoms with E-state index in [9.17, 15) is 28.7 Å². The van der Waals surface area contributed by atoms with Gasteiger partial charge in [0.1, 0.15) is 29.1 Å². The van der Waals surface area contributed by atoms with Gasteiger partial charge in [-0.1, -0.05) is 23.6 Å². The number of alkyl carbamates (subject to hydrolysis) is 1. The monoisotopic (exact) mass is 659 g/mol. The molecule has 0 aromatic carbocycles. The highest BCUT2D eigenvalue weighted by atomic mass is 35.5. The predicted molar refractivity (Wildman–Crippen MR) is 171 cm³/mol. The predicted octanol–water partition coefficient (Wildman–Crippen LogP) is 6.16. The number of carbonyl (C=O) groups is 4. The van der Waals surface area contributed by atoms with E-state index in [0.717, 1.165) is 37.7 Å². The van der Waals surface area contributed by atoms with E-state index in [1.54, 1.807) is 37.8 Å². The Balaban J connectivity index is 1.31. The van der Waals surface area contributed by atoms with E-state index in [2.05, 4.69) is 15.6 Å². The molecule has 46 heavy (non-hydrogen) atoms. The number of pyridine rings is 1. The fraction of sp³-hybridized carbons (Fsp3) is 0.606. The van der Waals surface area contributed by atoms with E-state index in [1.165, 1.54) is 16.2 Å². The summed E-state index contributed by atoms with van der Waals surface area (Å²) >= 11 is 6.25. The zero-order valence-corrected chi connectivity index (χ0v) is 27.4. The summed E-state index contributed by atoms with van der Waals surface area (Å²) in [5.74, 6) is -2.09. The first kappa shape index (κ1) is 33.7. The van der Waals surface area contributed by atoms with Crippen LogP contribution in [-0.4, -0.2) is 74.2 Å². The molecule has 0 radical (unpaired) electrons. The maximum Gasteiger partial charge on any atom is 0.407 e. The number of aromatic carboxylic acids is 1. The number of rotatable bonds is 7. The molecule has 3 aliphatic rings. The molecule has 3 N–H and O–H groups in total. The van der Waals surface area contributed by atoms with Crippen LogP contribution in [0.1, 0.15) is 95.5 Å². The van der Waals surface area contributed by atoms with Crippen molar-refractivity contribution >= 4 is 46.8 Å². The highest BCUT2D eigenvalue weighted by Gasteiger charge is 2.43. The Bertz CT molecular complexity index is 1520. The smallest absolute Gasteiger partial charge is 0.407 e. The second-order valence-electron chi connectivity index (χ2n) is 13.6. The third-order valence-electron chi connectivity index (χ3n) is 9.30. The summed E-state index contributed by atoms with van der Waals surface area (Å²) in [6.07, 6.45) is 8.80. The number of nitrogens with one attached hydrogen (secondary N) is 2. The summed E-state index contributed by atoms with van der Waals surface area (Å²) in [4.78, 5) is 57.5. The molecule has 3 fully saturated rings. The van der Waals surface area contributed by atoms with Crippen molar-refractivity contribution in [1.29, 1.82) is 0 Å². The number of carboxylic acid groups (broad SMARTS) is 1. The van der Waals surface area contributed by atoms with Crippen molar-refractivity contribution in [2.24, 2.45) is 11.8 Å². The number of hydrogen-bond acceptors (Lipinski definition) is 6. The van der Waals surface area contributed by atoms with Crippen LogP contribution in [0.2, 0.25) is 5.15 Å². The molecule has 2 aromatic rings. The van der Waals surface area contributed by atoms with Gasteiger partial charge in [0, 0.05) is 18.7 Å². The molecule has 3 amide bonds. The molecule has 2 aromatic heterocycles. The number of allylic oxidation sites excluding steroid dienone is 1. The van der Waals surface area contributed by atoms with Crippen molar-refractivity contribution in [3.8, 4) is 0 Å². The van der Waals surface area contributed by atoms with E-state index in [4.69, 9.17) is 16.3 Å². The van der Waals surface area contributed by atoms with Crippen LogP contribution in [0, 0.1) is 11.8 Å². The maximum atomic E-state index is 14.0. The summed E-state index contributed by atoms with van der Waals surface area (Å²) < 4.78 is 20.7. The number of imidazole rings is 1. The minimum atomic E-state index is -1.25. The molecular formula is C33H43ClFN5O6. The van der Waals surface area contributed by atoms with Gasteiger partial charge in [-0.25, -0.2) is 19.0 Å². The van der Waals surface area contributed by atoms with Crippen LogP contribution in [0.4, 0.5) is 14.9 Å². The number of likely N-dealkylation sites (tertiary alicyclic amines) is 1. The van der Waals surface area contributed by atoms with Crippen LogP contribution >= 0.6 is 11.6 Å². The van der Waals surface area contributed by atoms with Gasteiger partial charge in [-0.2, -0.15) is 0 Å². The van der Waals surface area contributed by atoms with Gasteiger partial charge in [0.2, 0.25) is 5.91 Å². The van der Waals surface area contributed by atoms with Crippen molar-refractivity contribution in [1.82, 2.24) is 19.6 Å². The van der Waals surface area contributed by atoms with Crippen LogP contribution in [-0.2, 0) is 14.3 Å². The highest BCUT2D eigenvalue weighted by molar-refractivity contribution is 6.32. The minimum Gasteiger partial charge on any atom is -0.476 e. The van der Waals surface area contributed by atoms with Crippen molar-refractivity contribution < 1.29 is 33.4 Å². The Labute approximate surface area is 272 Å². The number of alkyl halides is 1. The fourth-order valence-corrected chi connectivity index (χ4v) is 7.34. The number of amides is 3. The van der Waals surface area contributed by atoms with Gasteiger partial charge in [0.05, 0.1) is 11.7 Å². The molecule has 11 nitrogen and oxygen atoms in total. The van der Waals surface area contributed by atoms with Gasteiger partial charge in [-0.15, -0.1) is 0 Å². The van der Waals surface area contributed by atoms with E-state index >= 15 is 0 Å². The SMILES string of the molecule is CC(C)(C)OC(=O)N[C@H](CF)C1CCC(C(=O)N2CCC(=C3CCCCC3)[C@H]2C(=O)Nc2ccc3nc(C(=O)O)c(Cl)n3c2)CC1. The standard InChI is InChI=1S/C33H43ClFN5O6/c1-33(2,3)46-32(45)37-24(17-35)20-9-11-21(12-10-20)30(42)39-16-15-23(19-7-5-4-6-8-19)27(39)29(41)36-22-13-14-25-38-26(31(43)44)28(34)40(25)18-22/h13-14,18,20-21,24,27H,4-12,15-17H2,1-3H3,(H,36,41)(H,37,45)(H,43,44)/t20?,21?,24-,27+/m1/s1. The molecule has 5 rings (SSSR count). The number of ether oxygens (including phenoxy) is 1. The molecule has 2 atom stereocenters. The van der Waals surface area contributed by atoms with Crippen LogP contribution in [0.5, 0.6) is 0 Å². The highest BCUT2D eigenvalue weighted by Crippen LogP contribution is 2.38. The van der Waals surface area contributed by atoms with Gasteiger partial charge in [-0.05, 0) is 102 Å². The second-order valence-corrected chi connectivity index (χ2v) is 13.9. The number of aromatic nitrogens is 2. The van der Waals surface area contributed by atoms with E-state index < -0.39 is 36.4 Å². The molecule has 0 bridgehead atoms. The van der Waals surface area contributed by atoms with E-state index in [0.29, 0.717) is 50.0 Å². The molecular weight excluding hydrogens is 617 g/mol. The molecule has 250 valence electrons. The number of halogens is 2. The molecule has 0 spiro atoms. The summed E-state index contributed by atoms with van der Waals surface area (Å²) in [6, 6.07) is 1.76. The third-order valence-corrected chi connectivity index (χ3v) is 9.66. The largest absolute Gasteiger partial charge is 0.476 e. The van der Waals surface area contributed by atoms with Crippen LogP contribution in [0.3, 0.4) is 0 Å². The number of carboxylic acids is 1. The van der Waals surface area contributed by atoms with E-state index in [-0.39, 0.29) is 34.5 Å². The lowest BCUT2D eigenvalue weighted by Gasteiger charge is -2.35. The number of anilines is 1. The molecule has 1 aliphatic heterocycles. The zero-order valence-electron chi connectivity index (χ0n) is 26.6. The van der Waals surface area contributed by atoms with Gasteiger partial charge in [0.15, 0.2) is 5.69 Å². The van der Waals surface area contributed by atoms with Gasteiger partial charge in [0.25, 0.3) is 5.91 Å². The third kappa shape index (κ3) is 7.48. The summed E-state index contributed by atoms with van der Waals surface area (Å²) in [5.41, 5.74) is 2.01. The average molecular weight is 660 g/mol. The summed E-state index contributed by atoms with van der Waals surface area (Å²) in [6.45, 7) is 4.97. The number of carbonyl (C=O) groups excluding carboxylic acids is 3. The Morgan fingerprint density at radius 3 is 2.41 bits per heavy atom. The minimum absolute atomic E-state index is 0.0758. The first-order valence-electron chi connectivity index (χ1n) is 16.1. The lowest BCUT2D eigenvalue weighted by molar-refractivity contribution is -0.140. The molecule has 2 aliphatic carbocycles. The Hall–Kier alpha value is -3.67. The van der Waals surface area contributed by atoms with Crippen LogP contribution < -0.4 is 10.6 Å². The topological polar surface area (TPSA) is 142 Å². The fourth-order valence-electron chi connectivity index (χ4n) is 7.08. The van der Waals surface area contributed by atoms with Gasteiger partial charge in [-0.3, -0.25) is 14.0 Å². The maximum absolute atomic E-state index is 14.0. The quantitative estimate of drug-likeness (QED) is 0.302. The van der Waals surface area contributed by atoms with Crippen molar-refractivity contribution in [3.05, 3.63) is 40.3 Å². The number of hydrogen-bond donors (Lipinski definition) is 3. The summed E-state index contributed by atoms with van der Waals surface area (Å²) in [5, 5.41) is 14.9. The molecule has 1 saturated heterocycles. The normalized spacial score (nSPS) is 22.9. The van der Waals surface area contributed by atoms with Gasteiger partial charge < -0.3 is 25.4 Å². The lowest BCUT2D eigenvalue weighted by atomic mass is 9.78. The molecule has 13 heteroatoms. The average Bonchev–Trinajstić information content (AvgIpc) is 3.61. The zero-order chi connectivity index (χ0) is 33.2. The summed E-state index contributed by atoms with van der Waals surface area (Å²) in [7, 11) is 0. The first-order valence-corrected chi connectivity index (χ1v) is 16.5. The molecule has 0 unspecified atom stereocenters. The Morgan fingerprint density at radius 2 is 1.78 bits per heavy atom. The number of nitrogens with zero attached hydrogens (tertiary/aromatic N) is 3. The molecule has 3 heterocycles. The lowest BCUT2D eigenvalue weighted by Crippen LogP contribution is -2.48. The Morgan fingerprint density at radius 1 is 1.09 bits per heavy atom. The van der Waals surface area contributed by atoms with Crippen LogP contribution in [0.25, 0.3) is 5.65 Å². The second kappa shape index (κ2) is 14.0. The molecule has 2 saturated carbocycles. The van der Waals surface area contributed by atoms with Crippen LogP contribution in [0.15, 0.2) is 29.5 Å². The Kier molecular flexibility index (Phi) is 10.2. The van der Waals surface area contributed by atoms with Crippen molar-refractivity contribution in [3.63, 3.8) is 0 Å². The number of fused-ring (bicyclic) bond motifs is 1. The van der Waals surface area contributed by atoms with E-state index in [1.807, 2.05) is 0 Å². The van der Waals surface area contributed by atoms with Gasteiger partial charge >= 0.3 is 12.1 Å². The van der Waals surface area contributed by atoms with Crippen molar-refractivity contribution in [2.75, 3.05) is 18.5 Å².